The molecule has 1 amide bonds. The summed E-state index contributed by atoms with van der Waals surface area (Å²) >= 11 is 1.95. The van der Waals surface area contributed by atoms with Crippen LogP contribution in [-0.2, 0) is 9.53 Å². The van der Waals surface area contributed by atoms with E-state index in [2.05, 4.69) is 36.1 Å². The van der Waals surface area contributed by atoms with E-state index in [1.54, 1.807) is 7.11 Å². The molecule has 1 aromatic carbocycles. The maximum Gasteiger partial charge on any atom is 0.223 e. The van der Waals surface area contributed by atoms with Crippen molar-refractivity contribution < 1.29 is 9.53 Å². The van der Waals surface area contributed by atoms with E-state index in [9.17, 15) is 4.79 Å². The van der Waals surface area contributed by atoms with Gasteiger partial charge in [0.25, 0.3) is 0 Å². The van der Waals surface area contributed by atoms with Crippen molar-refractivity contribution in [2.75, 3.05) is 26.0 Å². The molecular weight excluding hydrogens is 270 g/mol. The lowest BCUT2D eigenvalue weighted by atomic mass is 10.0. The van der Waals surface area contributed by atoms with Crippen LogP contribution in [0.5, 0.6) is 0 Å². The van der Waals surface area contributed by atoms with Crippen LogP contribution in [0.25, 0.3) is 0 Å². The molecule has 1 aliphatic rings. The zero-order valence-electron chi connectivity index (χ0n) is 12.2. The number of thioether (sulfide) groups is 1. The number of methoxy groups -OCH3 is 1. The smallest absolute Gasteiger partial charge is 0.223 e. The van der Waals surface area contributed by atoms with Crippen molar-refractivity contribution in [3.63, 3.8) is 0 Å². The summed E-state index contributed by atoms with van der Waals surface area (Å²) in [6.45, 7) is 3.72. The largest absolute Gasteiger partial charge is 0.385 e. The van der Waals surface area contributed by atoms with Crippen LogP contribution in [0.15, 0.2) is 30.3 Å². The van der Waals surface area contributed by atoms with E-state index in [0.29, 0.717) is 18.3 Å². The average Bonchev–Trinajstić information content (AvgIpc) is 2.48. The van der Waals surface area contributed by atoms with E-state index in [1.807, 2.05) is 17.8 Å². The van der Waals surface area contributed by atoms with Gasteiger partial charge in [0.05, 0.1) is 6.04 Å². The van der Waals surface area contributed by atoms with Gasteiger partial charge in [-0.2, -0.15) is 11.8 Å². The van der Waals surface area contributed by atoms with E-state index >= 15 is 0 Å². The van der Waals surface area contributed by atoms with Gasteiger partial charge in [-0.05, 0) is 12.0 Å². The number of carbonyl (C=O) groups is 1. The average molecular weight is 293 g/mol. The Morgan fingerprint density at radius 1 is 1.40 bits per heavy atom. The van der Waals surface area contributed by atoms with E-state index in [4.69, 9.17) is 4.74 Å². The summed E-state index contributed by atoms with van der Waals surface area (Å²) in [7, 11) is 1.68. The van der Waals surface area contributed by atoms with Crippen molar-refractivity contribution in [2.45, 2.75) is 31.1 Å². The molecule has 0 unspecified atom stereocenters. The Bertz CT molecular complexity index is 424. The van der Waals surface area contributed by atoms with Crippen LogP contribution in [0.1, 0.15) is 31.4 Å². The summed E-state index contributed by atoms with van der Waals surface area (Å²) in [4.78, 5) is 14.5. The first kappa shape index (κ1) is 15.4. The van der Waals surface area contributed by atoms with Gasteiger partial charge < -0.3 is 9.64 Å². The van der Waals surface area contributed by atoms with Crippen molar-refractivity contribution in [3.8, 4) is 0 Å². The van der Waals surface area contributed by atoms with E-state index in [0.717, 1.165) is 18.7 Å². The minimum atomic E-state index is 0.199. The molecule has 0 saturated carbocycles. The number of hydrogen-bond acceptors (Lipinski definition) is 3. The molecule has 1 fully saturated rings. The molecule has 1 aromatic rings. The van der Waals surface area contributed by atoms with Gasteiger partial charge >= 0.3 is 0 Å². The van der Waals surface area contributed by atoms with Gasteiger partial charge in [-0.25, -0.2) is 0 Å². The van der Waals surface area contributed by atoms with Crippen molar-refractivity contribution in [3.05, 3.63) is 35.9 Å². The maximum absolute atomic E-state index is 12.5. The molecule has 0 radical (unpaired) electrons. The van der Waals surface area contributed by atoms with Gasteiger partial charge in [-0.1, -0.05) is 37.3 Å². The van der Waals surface area contributed by atoms with Crippen LogP contribution in [0.2, 0.25) is 0 Å². The zero-order valence-corrected chi connectivity index (χ0v) is 13.1. The standard InChI is InChI=1S/C16H23NO2S/c1-13-16(14-7-4-3-5-8-14)17(10-12-20-13)15(18)9-6-11-19-2/h3-5,7-8,13,16H,6,9-12H2,1-2H3/t13-,16-/m1/s1. The summed E-state index contributed by atoms with van der Waals surface area (Å²) in [6.07, 6.45) is 1.38. The van der Waals surface area contributed by atoms with Gasteiger partial charge in [-0.15, -0.1) is 0 Å². The zero-order chi connectivity index (χ0) is 14.4. The van der Waals surface area contributed by atoms with Crippen molar-refractivity contribution in [2.24, 2.45) is 0 Å². The fourth-order valence-corrected chi connectivity index (χ4v) is 3.87. The minimum absolute atomic E-state index is 0.199. The van der Waals surface area contributed by atoms with Gasteiger partial charge in [0.2, 0.25) is 5.91 Å². The second-order valence-electron chi connectivity index (χ2n) is 5.11. The Labute approximate surface area is 125 Å². The van der Waals surface area contributed by atoms with E-state index in [-0.39, 0.29) is 11.9 Å². The topological polar surface area (TPSA) is 29.5 Å². The molecule has 0 N–H and O–H groups in total. The summed E-state index contributed by atoms with van der Waals surface area (Å²) in [6, 6.07) is 10.6. The molecule has 1 aliphatic heterocycles. The van der Waals surface area contributed by atoms with Crippen molar-refractivity contribution in [1.82, 2.24) is 4.90 Å². The number of hydrogen-bond donors (Lipinski definition) is 0. The molecule has 0 spiro atoms. The third-order valence-corrected chi connectivity index (χ3v) is 4.90. The van der Waals surface area contributed by atoms with Crippen molar-refractivity contribution >= 4 is 17.7 Å². The molecule has 3 nitrogen and oxygen atoms in total. The minimum Gasteiger partial charge on any atom is -0.385 e. The maximum atomic E-state index is 12.5. The normalized spacial score (nSPS) is 22.8. The number of rotatable bonds is 5. The van der Waals surface area contributed by atoms with Crippen LogP contribution in [0.4, 0.5) is 0 Å². The Morgan fingerprint density at radius 2 is 2.15 bits per heavy atom. The molecule has 20 heavy (non-hydrogen) atoms. The quantitative estimate of drug-likeness (QED) is 0.781. The molecule has 2 rings (SSSR count). The highest BCUT2D eigenvalue weighted by atomic mass is 32.2. The first-order valence-electron chi connectivity index (χ1n) is 7.19. The first-order valence-corrected chi connectivity index (χ1v) is 8.24. The first-order chi connectivity index (χ1) is 9.74. The van der Waals surface area contributed by atoms with Crippen molar-refractivity contribution in [1.29, 1.82) is 0 Å². The van der Waals surface area contributed by atoms with Crippen LogP contribution in [0.3, 0.4) is 0 Å². The molecule has 4 heteroatoms. The number of nitrogens with zero attached hydrogens (tertiary/aromatic N) is 1. The molecule has 0 bridgehead atoms. The third kappa shape index (κ3) is 3.76. The highest BCUT2D eigenvalue weighted by Crippen LogP contribution is 2.36. The van der Waals surface area contributed by atoms with Gasteiger partial charge in [0.15, 0.2) is 0 Å². The number of carbonyl (C=O) groups excluding carboxylic acids is 1. The summed E-state index contributed by atoms with van der Waals surface area (Å²) in [5.41, 5.74) is 1.24. The lowest BCUT2D eigenvalue weighted by molar-refractivity contribution is -0.134. The van der Waals surface area contributed by atoms with Crippen LogP contribution in [-0.4, -0.2) is 42.1 Å². The Hall–Kier alpha value is -1.00. The monoisotopic (exact) mass is 293 g/mol. The molecule has 0 aromatic heterocycles. The van der Waals surface area contributed by atoms with E-state index < -0.39 is 0 Å². The second-order valence-corrected chi connectivity index (χ2v) is 6.60. The SMILES string of the molecule is COCCCC(=O)N1CCS[C@H](C)[C@@H]1c1ccccc1. The second kappa shape index (κ2) is 7.70. The van der Waals surface area contributed by atoms with E-state index in [1.165, 1.54) is 5.56 Å². The predicted octanol–water partition coefficient (Wildman–Crippen LogP) is 3.12. The fraction of sp³-hybridized carbons (Fsp3) is 0.562. The highest BCUT2D eigenvalue weighted by molar-refractivity contribution is 8.00. The number of benzene rings is 1. The fourth-order valence-electron chi connectivity index (χ4n) is 2.71. The summed E-state index contributed by atoms with van der Waals surface area (Å²) in [5, 5.41) is 0.442. The molecule has 1 heterocycles. The van der Waals surface area contributed by atoms with Crippen LogP contribution >= 0.6 is 11.8 Å². The molecule has 1 saturated heterocycles. The Balaban J connectivity index is 2.10. The molecule has 2 atom stereocenters. The van der Waals surface area contributed by atoms with Gasteiger partial charge in [-0.3, -0.25) is 4.79 Å². The molecular formula is C16H23NO2S. The lowest BCUT2D eigenvalue weighted by Crippen LogP contribution is -2.43. The van der Waals surface area contributed by atoms with Gasteiger partial charge in [0.1, 0.15) is 0 Å². The van der Waals surface area contributed by atoms with Crippen LogP contribution in [0, 0.1) is 0 Å². The highest BCUT2D eigenvalue weighted by Gasteiger charge is 2.32. The molecule has 0 aliphatic carbocycles. The number of ether oxygens (including phenoxy) is 1. The lowest BCUT2D eigenvalue weighted by Gasteiger charge is -2.40. The summed E-state index contributed by atoms with van der Waals surface area (Å²) in [5.74, 6) is 1.28. The predicted molar refractivity (Wildman–Crippen MR) is 83.9 cm³/mol. The van der Waals surface area contributed by atoms with Crippen LogP contribution < -0.4 is 0 Å². The van der Waals surface area contributed by atoms with Gasteiger partial charge in [0, 0.05) is 37.7 Å². The molecule has 110 valence electrons. The Kier molecular flexibility index (Phi) is 5.92. The number of amides is 1. The third-order valence-electron chi connectivity index (χ3n) is 3.69. The summed E-state index contributed by atoms with van der Waals surface area (Å²) < 4.78 is 5.04. The Morgan fingerprint density at radius 3 is 2.85 bits per heavy atom.